The van der Waals surface area contributed by atoms with E-state index in [0.29, 0.717) is 28.7 Å². The number of amides is 4. The second-order valence-electron chi connectivity index (χ2n) is 15.0. The van der Waals surface area contributed by atoms with Crippen LogP contribution in [0.25, 0.3) is 26.7 Å². The average Bonchev–Trinajstić information content (AvgIpc) is 3.98. The molecule has 6 unspecified atom stereocenters. The minimum Gasteiger partial charge on any atom is -0.504 e. The Bertz CT molecular complexity index is 2520. The molecule has 0 radical (unpaired) electrons. The number of aromatic nitrogens is 2. The number of hydrogen-bond acceptors (Lipinski definition) is 9. The maximum atomic E-state index is 15.0. The van der Waals surface area contributed by atoms with Crippen LogP contribution in [0.4, 0.5) is 5.82 Å². The highest BCUT2D eigenvalue weighted by Crippen LogP contribution is 2.61. The molecule has 1 saturated carbocycles. The highest BCUT2D eigenvalue weighted by atomic mass is 35.5. The van der Waals surface area contributed by atoms with Crippen molar-refractivity contribution in [1.29, 1.82) is 0 Å². The molecule has 3 aromatic heterocycles. The van der Waals surface area contributed by atoms with Crippen LogP contribution < -0.4 is 9.64 Å². The number of halogens is 1. The zero-order valence-corrected chi connectivity index (χ0v) is 32.9. The monoisotopic (exact) mass is 792 g/mol. The first-order valence-corrected chi connectivity index (χ1v) is 20.2. The normalized spacial score (nSPS) is 26.3. The molecule has 1 N–H and O–H groups in total. The summed E-state index contributed by atoms with van der Waals surface area (Å²) in [6, 6.07) is 16.4. The fourth-order valence-corrected chi connectivity index (χ4v) is 11.4. The Morgan fingerprint density at radius 2 is 1.87 bits per heavy atom. The maximum Gasteiger partial charge on any atom is 0.242 e. The molecule has 9 rings (SSSR count). The van der Waals surface area contributed by atoms with Gasteiger partial charge in [0.1, 0.15) is 11.5 Å². The van der Waals surface area contributed by atoms with E-state index in [1.807, 2.05) is 67.8 Å². The first-order valence-electron chi connectivity index (χ1n) is 18.1. The Morgan fingerprint density at radius 3 is 2.64 bits per heavy atom. The summed E-state index contributed by atoms with van der Waals surface area (Å²) in [4.78, 5) is 62.5. The quantitative estimate of drug-likeness (QED) is 0.131. The van der Waals surface area contributed by atoms with Crippen LogP contribution in [-0.4, -0.2) is 50.5 Å². The number of imide groups is 2. The van der Waals surface area contributed by atoms with Gasteiger partial charge in [0.25, 0.3) is 0 Å². The van der Waals surface area contributed by atoms with Crippen molar-refractivity contribution in [1.82, 2.24) is 14.7 Å². The lowest BCUT2D eigenvalue weighted by Gasteiger charge is -2.47. The van der Waals surface area contributed by atoms with Crippen LogP contribution >= 0.6 is 34.3 Å². The number of hydrogen-bond donors (Lipinski definition) is 1. The number of allylic oxidation sites excluding steroid dienone is 3. The van der Waals surface area contributed by atoms with Gasteiger partial charge in [-0.2, -0.15) is 5.10 Å². The number of methoxy groups -OCH3 is 1. The number of anilines is 1. The van der Waals surface area contributed by atoms with Crippen LogP contribution in [0, 0.1) is 41.9 Å². The van der Waals surface area contributed by atoms with E-state index in [0.717, 1.165) is 36.5 Å². The van der Waals surface area contributed by atoms with Gasteiger partial charge in [-0.3, -0.25) is 28.8 Å². The van der Waals surface area contributed by atoms with E-state index in [4.69, 9.17) is 21.4 Å². The number of nitrogens with zero attached hydrogens (tertiary/aromatic N) is 4. The summed E-state index contributed by atoms with van der Waals surface area (Å²) in [6.45, 7) is 4.09. The smallest absolute Gasteiger partial charge is 0.242 e. The number of carbonyl (C=O) groups excluding carboxylic acids is 4. The molecule has 280 valence electrons. The number of benzene rings is 2. The van der Waals surface area contributed by atoms with Crippen LogP contribution in [0.5, 0.6) is 11.5 Å². The van der Waals surface area contributed by atoms with Crippen LogP contribution in [0.3, 0.4) is 0 Å². The molecular formula is C42H37ClN4O6S2. The number of aromatic hydroxyl groups is 1. The molecule has 0 spiro atoms. The Labute approximate surface area is 330 Å². The van der Waals surface area contributed by atoms with Crippen molar-refractivity contribution in [2.24, 2.45) is 42.1 Å². The summed E-state index contributed by atoms with van der Waals surface area (Å²) in [5.41, 5.74) is 2.07. The van der Waals surface area contributed by atoms with Gasteiger partial charge in [-0.05, 0) is 90.9 Å². The Hall–Kier alpha value is -5.04. The lowest BCUT2D eigenvalue weighted by atomic mass is 9.52. The number of fused-ring (bicyclic) bond motifs is 5. The van der Waals surface area contributed by atoms with Crippen molar-refractivity contribution in [2.45, 2.75) is 33.2 Å². The second kappa shape index (κ2) is 13.0. The summed E-state index contributed by atoms with van der Waals surface area (Å²) >= 11 is 9.40. The van der Waals surface area contributed by atoms with Gasteiger partial charge in [0.15, 0.2) is 11.5 Å². The molecule has 2 aliphatic heterocycles. The molecule has 4 aliphatic rings. The average molecular weight is 793 g/mol. The van der Waals surface area contributed by atoms with E-state index >= 15 is 4.79 Å². The highest BCUT2D eigenvalue weighted by Gasteiger charge is 2.67. The zero-order valence-electron chi connectivity index (χ0n) is 30.5. The maximum absolute atomic E-state index is 15.0. The SMILES string of the molecule is COc1cc(C=CC2C3=CCC4C(=O)N(Cc5cccs5)C(=O)C4C3CC3C(=O)N(c4cc(-c5sc6ccc(Cl)cc6c5C)nn4C)C(=O)C23C)ccc1O. The third kappa shape index (κ3) is 5.36. The molecular weight excluding hydrogens is 756 g/mol. The number of ether oxygens (including phenoxy) is 1. The lowest BCUT2D eigenvalue weighted by molar-refractivity contribution is -0.141. The van der Waals surface area contributed by atoms with Crippen molar-refractivity contribution in [3.05, 3.63) is 98.7 Å². The van der Waals surface area contributed by atoms with E-state index < -0.39 is 35.0 Å². The number of likely N-dealkylation sites (tertiary alicyclic amines) is 1. The number of phenolic OH excluding ortho intramolecular Hbond substituents is 1. The molecule has 2 aromatic carbocycles. The summed E-state index contributed by atoms with van der Waals surface area (Å²) in [6.07, 6.45) is 6.48. The van der Waals surface area contributed by atoms with Gasteiger partial charge in [-0.15, -0.1) is 22.7 Å². The van der Waals surface area contributed by atoms with E-state index in [-0.39, 0.29) is 42.3 Å². The lowest BCUT2D eigenvalue weighted by Crippen LogP contribution is -2.49. The van der Waals surface area contributed by atoms with E-state index in [1.54, 1.807) is 47.3 Å². The van der Waals surface area contributed by atoms with Gasteiger partial charge in [-0.1, -0.05) is 47.5 Å². The van der Waals surface area contributed by atoms with Crippen molar-refractivity contribution in [3.8, 4) is 22.1 Å². The third-order valence-corrected chi connectivity index (χ3v) is 14.6. The van der Waals surface area contributed by atoms with Crippen LogP contribution in [-0.2, 0) is 32.8 Å². The molecule has 4 amide bonds. The third-order valence-electron chi connectivity index (χ3n) is 12.2. The molecule has 13 heteroatoms. The second-order valence-corrected chi connectivity index (χ2v) is 17.6. The van der Waals surface area contributed by atoms with Crippen LogP contribution in [0.2, 0.25) is 5.02 Å². The minimum absolute atomic E-state index is 0.000604. The van der Waals surface area contributed by atoms with Crippen molar-refractivity contribution < 1.29 is 29.0 Å². The van der Waals surface area contributed by atoms with Crippen molar-refractivity contribution >= 4 is 79.9 Å². The largest absolute Gasteiger partial charge is 0.504 e. The highest BCUT2D eigenvalue weighted by molar-refractivity contribution is 7.22. The Balaban J connectivity index is 1.12. The fourth-order valence-electron chi connectivity index (χ4n) is 9.44. The molecule has 0 bridgehead atoms. The number of aryl methyl sites for hydroxylation is 2. The van der Waals surface area contributed by atoms with Gasteiger partial charge in [0.05, 0.1) is 41.7 Å². The first-order chi connectivity index (χ1) is 26.4. The van der Waals surface area contributed by atoms with Gasteiger partial charge in [-0.25, -0.2) is 4.90 Å². The van der Waals surface area contributed by atoms with Crippen molar-refractivity contribution in [2.75, 3.05) is 12.0 Å². The molecule has 5 aromatic rings. The molecule has 3 fully saturated rings. The number of thiophene rings is 2. The summed E-state index contributed by atoms with van der Waals surface area (Å²) < 4.78 is 7.99. The molecule has 55 heavy (non-hydrogen) atoms. The first kappa shape index (κ1) is 35.6. The Morgan fingerprint density at radius 1 is 1.05 bits per heavy atom. The zero-order chi connectivity index (χ0) is 38.5. The molecule has 5 heterocycles. The molecule has 2 aliphatic carbocycles. The van der Waals surface area contributed by atoms with Crippen LogP contribution in [0.1, 0.15) is 35.8 Å². The summed E-state index contributed by atoms with van der Waals surface area (Å²) in [7, 11) is 3.21. The molecule has 2 saturated heterocycles. The summed E-state index contributed by atoms with van der Waals surface area (Å²) in [5.74, 6) is -3.36. The van der Waals surface area contributed by atoms with Crippen molar-refractivity contribution in [3.63, 3.8) is 0 Å². The molecule has 10 nitrogen and oxygen atoms in total. The van der Waals surface area contributed by atoms with E-state index in [1.165, 1.54) is 28.2 Å². The van der Waals surface area contributed by atoms with Crippen LogP contribution in [0.15, 0.2) is 77.7 Å². The number of rotatable bonds is 7. The minimum atomic E-state index is -1.21. The predicted octanol–water partition coefficient (Wildman–Crippen LogP) is 8.02. The van der Waals surface area contributed by atoms with Gasteiger partial charge >= 0.3 is 0 Å². The number of carbonyl (C=O) groups is 4. The number of phenols is 1. The topological polar surface area (TPSA) is 122 Å². The fraction of sp³-hybridized carbons (Fsp3) is 0.310. The predicted molar refractivity (Wildman–Crippen MR) is 213 cm³/mol. The van der Waals surface area contributed by atoms with Gasteiger partial charge in [0, 0.05) is 33.6 Å². The molecule has 6 atom stereocenters. The van der Waals surface area contributed by atoms with Gasteiger partial charge < -0.3 is 9.84 Å². The van der Waals surface area contributed by atoms with Gasteiger partial charge in [0.2, 0.25) is 23.6 Å². The Kier molecular flexibility index (Phi) is 8.45. The summed E-state index contributed by atoms with van der Waals surface area (Å²) in [5, 5.41) is 18.6. The standard InChI is InChI=1S/C42H37ClN4O6S2/c1-21-27-17-23(43)9-14-34(27)55-37(21)31-19-35(45(3)44-31)47-39(50)30-18-28-25(10-11-26-36(28)40(51)46(38(26)49)20-24-6-5-15-54-24)29(42(30,2)41(47)52)12-7-22-8-13-32(48)33(16-22)53-4/h5-10,12-17,19,26,28-30,36,48H,11,18,20H2,1-4H3. The van der Waals surface area contributed by atoms with E-state index in [2.05, 4.69) is 0 Å². The van der Waals surface area contributed by atoms with E-state index in [9.17, 15) is 19.5 Å².